The fourth-order valence-corrected chi connectivity index (χ4v) is 3.72. The van der Waals surface area contributed by atoms with Crippen LogP contribution in [-0.2, 0) is 11.3 Å². The van der Waals surface area contributed by atoms with E-state index in [1.807, 2.05) is 36.4 Å². The molecule has 0 N–H and O–H groups in total. The molecule has 1 aliphatic heterocycles. The third-order valence-electron chi connectivity index (χ3n) is 3.30. The standard InChI is InChI=1S/C17H11Cl2NOS2/c18-13-7-6-12(8-14(13)19)9-15-16(21)20(17(22)23-15)10-11-4-2-1-3-5-11/h1-9H,10H2. The van der Waals surface area contributed by atoms with Crippen LogP contribution in [0.3, 0.4) is 0 Å². The summed E-state index contributed by atoms with van der Waals surface area (Å²) in [6.45, 7) is 0.476. The molecule has 2 nitrogen and oxygen atoms in total. The minimum Gasteiger partial charge on any atom is -0.288 e. The van der Waals surface area contributed by atoms with Gasteiger partial charge in [0.25, 0.3) is 5.91 Å². The predicted octanol–water partition coefficient (Wildman–Crippen LogP) is 5.39. The van der Waals surface area contributed by atoms with Crippen LogP contribution in [0.15, 0.2) is 53.4 Å². The van der Waals surface area contributed by atoms with Gasteiger partial charge in [-0.1, -0.05) is 83.6 Å². The Hall–Kier alpha value is -1.33. The molecule has 2 aromatic rings. The molecule has 23 heavy (non-hydrogen) atoms. The lowest BCUT2D eigenvalue weighted by Gasteiger charge is -2.14. The van der Waals surface area contributed by atoms with Crippen molar-refractivity contribution in [2.45, 2.75) is 6.54 Å². The number of hydrogen-bond donors (Lipinski definition) is 0. The lowest BCUT2D eigenvalue weighted by atomic mass is 10.2. The monoisotopic (exact) mass is 379 g/mol. The molecule has 1 saturated heterocycles. The van der Waals surface area contributed by atoms with Gasteiger partial charge < -0.3 is 0 Å². The van der Waals surface area contributed by atoms with Crippen LogP contribution in [0, 0.1) is 0 Å². The molecule has 0 spiro atoms. The van der Waals surface area contributed by atoms with Crippen molar-refractivity contribution in [3.63, 3.8) is 0 Å². The Morgan fingerprint density at radius 2 is 1.83 bits per heavy atom. The highest BCUT2D eigenvalue weighted by atomic mass is 35.5. The van der Waals surface area contributed by atoms with Crippen molar-refractivity contribution < 1.29 is 4.79 Å². The zero-order valence-corrected chi connectivity index (χ0v) is 15.0. The van der Waals surface area contributed by atoms with Crippen molar-refractivity contribution in [2.75, 3.05) is 0 Å². The average Bonchev–Trinajstić information content (AvgIpc) is 2.80. The van der Waals surface area contributed by atoms with E-state index in [0.717, 1.165) is 11.1 Å². The molecule has 6 heteroatoms. The Balaban J connectivity index is 1.83. The van der Waals surface area contributed by atoms with Crippen molar-refractivity contribution >= 4 is 63.5 Å². The number of nitrogens with zero attached hydrogens (tertiary/aromatic N) is 1. The number of amides is 1. The second-order valence-electron chi connectivity index (χ2n) is 4.93. The molecular weight excluding hydrogens is 369 g/mol. The van der Waals surface area contributed by atoms with Gasteiger partial charge in [-0.3, -0.25) is 9.69 Å². The van der Waals surface area contributed by atoms with Crippen LogP contribution in [0.1, 0.15) is 11.1 Å². The van der Waals surface area contributed by atoms with E-state index >= 15 is 0 Å². The topological polar surface area (TPSA) is 20.3 Å². The maximum absolute atomic E-state index is 12.6. The van der Waals surface area contributed by atoms with Gasteiger partial charge in [0.2, 0.25) is 0 Å². The largest absolute Gasteiger partial charge is 0.288 e. The van der Waals surface area contributed by atoms with Crippen LogP contribution in [0.25, 0.3) is 6.08 Å². The van der Waals surface area contributed by atoms with E-state index in [9.17, 15) is 4.79 Å². The zero-order valence-electron chi connectivity index (χ0n) is 11.8. The van der Waals surface area contributed by atoms with E-state index in [0.29, 0.717) is 25.8 Å². The minimum atomic E-state index is -0.0880. The van der Waals surface area contributed by atoms with Gasteiger partial charge in [-0.25, -0.2) is 0 Å². The SMILES string of the molecule is O=C1C(=Cc2ccc(Cl)c(Cl)c2)SC(=S)N1Cc1ccccc1. The second-order valence-corrected chi connectivity index (χ2v) is 7.42. The number of thioether (sulfide) groups is 1. The number of rotatable bonds is 3. The van der Waals surface area contributed by atoms with Gasteiger partial charge in [-0.2, -0.15) is 0 Å². The molecule has 0 aromatic heterocycles. The Bertz CT molecular complexity index is 805. The van der Waals surface area contributed by atoms with Crippen molar-refractivity contribution in [1.29, 1.82) is 0 Å². The Morgan fingerprint density at radius 3 is 2.52 bits per heavy atom. The first-order valence-electron chi connectivity index (χ1n) is 6.79. The first kappa shape index (κ1) is 16.5. The number of carbonyl (C=O) groups excluding carboxylic acids is 1. The van der Waals surface area contributed by atoms with Crippen LogP contribution in [0.2, 0.25) is 10.0 Å². The third kappa shape index (κ3) is 3.78. The van der Waals surface area contributed by atoms with Gasteiger partial charge in [0, 0.05) is 0 Å². The maximum atomic E-state index is 12.6. The Kier molecular flexibility index (Phi) is 5.07. The van der Waals surface area contributed by atoms with Gasteiger partial charge in [0.1, 0.15) is 4.32 Å². The quantitative estimate of drug-likeness (QED) is 0.526. The highest BCUT2D eigenvalue weighted by Crippen LogP contribution is 2.34. The fourth-order valence-electron chi connectivity index (χ4n) is 2.16. The zero-order chi connectivity index (χ0) is 16.4. The van der Waals surface area contributed by atoms with E-state index in [4.69, 9.17) is 35.4 Å². The molecule has 0 radical (unpaired) electrons. The van der Waals surface area contributed by atoms with Gasteiger partial charge in [-0.05, 0) is 29.3 Å². The molecule has 0 aliphatic carbocycles. The Morgan fingerprint density at radius 1 is 1.09 bits per heavy atom. The fraction of sp³-hybridized carbons (Fsp3) is 0.0588. The molecule has 1 heterocycles. The molecular formula is C17H11Cl2NOS2. The molecule has 116 valence electrons. The average molecular weight is 380 g/mol. The van der Waals surface area contributed by atoms with Crippen LogP contribution in [0.4, 0.5) is 0 Å². The van der Waals surface area contributed by atoms with Crippen LogP contribution in [0.5, 0.6) is 0 Å². The van der Waals surface area contributed by atoms with Crippen molar-refractivity contribution in [3.05, 3.63) is 74.6 Å². The smallest absolute Gasteiger partial charge is 0.266 e. The molecule has 0 unspecified atom stereocenters. The molecule has 0 atom stereocenters. The Labute approximate surface area is 154 Å². The number of benzene rings is 2. The van der Waals surface area contributed by atoms with Gasteiger partial charge in [0.15, 0.2) is 0 Å². The van der Waals surface area contributed by atoms with Crippen molar-refractivity contribution in [1.82, 2.24) is 4.90 Å². The third-order valence-corrected chi connectivity index (χ3v) is 5.42. The first-order chi connectivity index (χ1) is 11.0. The van der Waals surface area contributed by atoms with E-state index in [-0.39, 0.29) is 5.91 Å². The summed E-state index contributed by atoms with van der Waals surface area (Å²) in [4.78, 5) is 14.8. The number of carbonyl (C=O) groups is 1. The maximum Gasteiger partial charge on any atom is 0.266 e. The first-order valence-corrected chi connectivity index (χ1v) is 8.77. The number of thiocarbonyl (C=S) groups is 1. The summed E-state index contributed by atoms with van der Waals surface area (Å²) in [6, 6.07) is 15.0. The van der Waals surface area contributed by atoms with Crippen molar-refractivity contribution in [3.8, 4) is 0 Å². The number of halogens is 2. The predicted molar refractivity (Wildman–Crippen MR) is 102 cm³/mol. The summed E-state index contributed by atoms with van der Waals surface area (Å²) >= 11 is 18.6. The molecule has 0 saturated carbocycles. The van der Waals surface area contributed by atoms with E-state index in [2.05, 4.69) is 0 Å². The molecule has 3 rings (SSSR count). The van der Waals surface area contributed by atoms with Gasteiger partial charge >= 0.3 is 0 Å². The van der Waals surface area contributed by atoms with E-state index in [1.165, 1.54) is 11.8 Å². The van der Waals surface area contributed by atoms with Gasteiger partial charge in [-0.15, -0.1) is 0 Å². The summed E-state index contributed by atoms with van der Waals surface area (Å²) in [7, 11) is 0. The van der Waals surface area contributed by atoms with Gasteiger partial charge in [0.05, 0.1) is 21.5 Å². The molecule has 1 amide bonds. The van der Waals surface area contributed by atoms with E-state index < -0.39 is 0 Å². The lowest BCUT2D eigenvalue weighted by molar-refractivity contribution is -0.122. The highest BCUT2D eigenvalue weighted by Gasteiger charge is 2.31. The highest BCUT2D eigenvalue weighted by molar-refractivity contribution is 8.26. The van der Waals surface area contributed by atoms with Crippen LogP contribution < -0.4 is 0 Å². The molecule has 2 aromatic carbocycles. The van der Waals surface area contributed by atoms with Crippen molar-refractivity contribution in [2.24, 2.45) is 0 Å². The summed E-state index contributed by atoms with van der Waals surface area (Å²) in [5, 5.41) is 0.945. The summed E-state index contributed by atoms with van der Waals surface area (Å²) in [6.07, 6.45) is 1.78. The van der Waals surface area contributed by atoms with E-state index in [1.54, 1.807) is 23.1 Å². The van der Waals surface area contributed by atoms with Crippen LogP contribution in [-0.4, -0.2) is 15.1 Å². The minimum absolute atomic E-state index is 0.0880. The lowest BCUT2D eigenvalue weighted by Crippen LogP contribution is -2.27. The number of hydrogen-bond acceptors (Lipinski definition) is 3. The molecule has 1 fully saturated rings. The molecule has 0 bridgehead atoms. The second kappa shape index (κ2) is 7.05. The molecule has 1 aliphatic rings. The summed E-state index contributed by atoms with van der Waals surface area (Å²) in [5.41, 5.74) is 1.86. The summed E-state index contributed by atoms with van der Waals surface area (Å²) in [5.74, 6) is -0.0880. The summed E-state index contributed by atoms with van der Waals surface area (Å²) < 4.78 is 0.560. The normalized spacial score (nSPS) is 16.4. The van der Waals surface area contributed by atoms with Crippen LogP contribution >= 0.6 is 47.2 Å².